The summed E-state index contributed by atoms with van der Waals surface area (Å²) in [4.78, 5) is 19.2. The number of aromatic nitrogens is 2. The molecule has 1 aliphatic rings. The number of methoxy groups -OCH3 is 2. The highest BCUT2D eigenvalue weighted by Gasteiger charge is 2.35. The van der Waals surface area contributed by atoms with Crippen LogP contribution in [-0.2, 0) is 4.79 Å². The van der Waals surface area contributed by atoms with Gasteiger partial charge in [-0.15, -0.1) is 0 Å². The molecule has 6 heteroatoms. The Morgan fingerprint density at radius 2 is 1.68 bits per heavy atom. The van der Waals surface area contributed by atoms with Gasteiger partial charge in [-0.3, -0.25) is 4.79 Å². The van der Waals surface area contributed by atoms with Crippen molar-refractivity contribution in [2.75, 3.05) is 14.2 Å². The molecule has 0 aliphatic heterocycles. The lowest BCUT2D eigenvalue weighted by molar-refractivity contribution is -0.126. The van der Waals surface area contributed by atoms with Gasteiger partial charge in [0.25, 0.3) is 0 Å². The molecule has 0 saturated heterocycles. The van der Waals surface area contributed by atoms with E-state index < -0.39 is 0 Å². The predicted molar refractivity (Wildman–Crippen MR) is 147 cm³/mol. The highest BCUT2D eigenvalue weighted by molar-refractivity contribution is 5.88. The van der Waals surface area contributed by atoms with Gasteiger partial charge in [-0.05, 0) is 55.5 Å². The number of carbonyl (C=O) groups excluding carboxylic acids is 1. The molecule has 1 saturated carbocycles. The molecule has 5 rings (SSSR count). The topological polar surface area (TPSA) is 65.4 Å². The Kier molecular flexibility index (Phi) is 7.45. The Morgan fingerprint density at radius 1 is 0.946 bits per heavy atom. The van der Waals surface area contributed by atoms with Crippen molar-refractivity contribution < 1.29 is 14.3 Å². The van der Waals surface area contributed by atoms with Gasteiger partial charge in [0, 0.05) is 6.07 Å². The van der Waals surface area contributed by atoms with Crippen LogP contribution in [0, 0.1) is 5.92 Å². The zero-order chi connectivity index (χ0) is 25.8. The van der Waals surface area contributed by atoms with Gasteiger partial charge in [-0.25, -0.2) is 4.98 Å². The number of nitrogens with one attached hydrogen (secondary N) is 1. The molecule has 37 heavy (non-hydrogen) atoms. The number of rotatable bonds is 8. The Hall–Kier alpha value is -3.80. The van der Waals surface area contributed by atoms with E-state index in [1.807, 2.05) is 61.5 Å². The summed E-state index contributed by atoms with van der Waals surface area (Å²) in [7, 11) is 3.29. The average molecular weight is 498 g/mol. The lowest BCUT2D eigenvalue weighted by Crippen LogP contribution is -2.39. The number of hydrogen-bond acceptors (Lipinski definition) is 4. The minimum atomic E-state index is -0.388. The maximum Gasteiger partial charge on any atom is 0.243 e. The Bertz CT molecular complexity index is 1360. The van der Waals surface area contributed by atoms with E-state index >= 15 is 0 Å². The van der Waals surface area contributed by atoms with Crippen molar-refractivity contribution in [2.24, 2.45) is 5.92 Å². The zero-order valence-corrected chi connectivity index (χ0v) is 21.8. The minimum absolute atomic E-state index is 0.0279. The first-order valence-electron chi connectivity index (χ1n) is 13.2. The Balaban J connectivity index is 1.65. The molecule has 3 aromatic carbocycles. The largest absolute Gasteiger partial charge is 0.497 e. The number of hydrogen-bond donors (Lipinski definition) is 1. The lowest BCUT2D eigenvalue weighted by atomic mass is 9.83. The summed E-state index contributed by atoms with van der Waals surface area (Å²) < 4.78 is 13.4. The van der Waals surface area contributed by atoms with Crippen molar-refractivity contribution in [1.82, 2.24) is 14.9 Å². The van der Waals surface area contributed by atoms with Gasteiger partial charge in [0.1, 0.15) is 23.4 Å². The number of para-hydroxylation sites is 2. The molecule has 1 fully saturated rings. The molecule has 1 amide bonds. The Morgan fingerprint density at radius 3 is 2.41 bits per heavy atom. The molecule has 0 radical (unpaired) electrons. The SMILES string of the molecule is COc1ccc(-c2nc3ccccc3n2C(C(=O)NC(C)c2ccccc2)C2CCCCC2)c(OC)c1. The first-order chi connectivity index (χ1) is 18.1. The maximum absolute atomic E-state index is 14.2. The Labute approximate surface area is 218 Å². The number of ether oxygens (including phenoxy) is 2. The molecular formula is C31H35N3O3. The molecule has 0 bridgehead atoms. The second-order valence-corrected chi connectivity index (χ2v) is 9.84. The number of carbonyl (C=O) groups is 1. The third kappa shape index (κ3) is 5.06. The number of nitrogens with zero attached hydrogens (tertiary/aromatic N) is 2. The fourth-order valence-corrected chi connectivity index (χ4v) is 5.62. The van der Waals surface area contributed by atoms with Crippen LogP contribution in [0.5, 0.6) is 11.5 Å². The van der Waals surface area contributed by atoms with Gasteiger partial charge in [0.05, 0.1) is 36.9 Å². The van der Waals surface area contributed by atoms with E-state index in [0.29, 0.717) is 11.5 Å². The van der Waals surface area contributed by atoms with E-state index in [-0.39, 0.29) is 23.9 Å². The monoisotopic (exact) mass is 497 g/mol. The molecule has 0 spiro atoms. The molecule has 1 aliphatic carbocycles. The molecule has 2 unspecified atom stereocenters. The summed E-state index contributed by atoms with van der Waals surface area (Å²) >= 11 is 0. The summed E-state index contributed by atoms with van der Waals surface area (Å²) in [5, 5.41) is 3.33. The summed E-state index contributed by atoms with van der Waals surface area (Å²) in [6.07, 6.45) is 5.52. The molecular weight excluding hydrogens is 462 g/mol. The van der Waals surface area contributed by atoms with E-state index in [1.54, 1.807) is 14.2 Å². The van der Waals surface area contributed by atoms with E-state index in [2.05, 4.69) is 28.1 Å². The predicted octanol–water partition coefficient (Wildman–Crippen LogP) is 6.72. The highest BCUT2D eigenvalue weighted by atomic mass is 16.5. The van der Waals surface area contributed by atoms with Crippen LogP contribution in [-0.4, -0.2) is 29.7 Å². The van der Waals surface area contributed by atoms with Crippen molar-refractivity contribution in [1.29, 1.82) is 0 Å². The quantitative estimate of drug-likeness (QED) is 0.293. The summed E-state index contributed by atoms with van der Waals surface area (Å²) in [6, 6.07) is 23.4. The smallest absolute Gasteiger partial charge is 0.243 e. The van der Waals surface area contributed by atoms with E-state index in [9.17, 15) is 4.79 Å². The van der Waals surface area contributed by atoms with Crippen molar-refractivity contribution in [3.63, 3.8) is 0 Å². The second-order valence-electron chi connectivity index (χ2n) is 9.84. The molecule has 6 nitrogen and oxygen atoms in total. The zero-order valence-electron chi connectivity index (χ0n) is 21.8. The average Bonchev–Trinajstić information content (AvgIpc) is 3.32. The lowest BCUT2D eigenvalue weighted by Gasteiger charge is -2.33. The van der Waals surface area contributed by atoms with Crippen molar-refractivity contribution in [3.05, 3.63) is 78.4 Å². The molecule has 4 aromatic rings. The third-order valence-corrected chi connectivity index (χ3v) is 7.55. The fourth-order valence-electron chi connectivity index (χ4n) is 5.62. The van der Waals surface area contributed by atoms with Crippen LogP contribution >= 0.6 is 0 Å². The molecule has 1 N–H and O–H groups in total. The number of amides is 1. The third-order valence-electron chi connectivity index (χ3n) is 7.55. The minimum Gasteiger partial charge on any atom is -0.497 e. The van der Waals surface area contributed by atoms with Gasteiger partial charge in [-0.1, -0.05) is 61.7 Å². The van der Waals surface area contributed by atoms with Gasteiger partial charge in [-0.2, -0.15) is 0 Å². The fraction of sp³-hybridized carbons (Fsp3) is 0.355. The molecule has 1 aromatic heterocycles. The summed E-state index contributed by atoms with van der Waals surface area (Å²) in [5.41, 5.74) is 3.74. The normalized spacial score (nSPS) is 15.8. The van der Waals surface area contributed by atoms with Crippen LogP contribution < -0.4 is 14.8 Å². The first-order valence-corrected chi connectivity index (χ1v) is 13.2. The second kappa shape index (κ2) is 11.1. The maximum atomic E-state index is 14.2. The summed E-state index contributed by atoms with van der Waals surface area (Å²) in [6.45, 7) is 2.05. The van der Waals surface area contributed by atoms with Crippen molar-refractivity contribution in [2.45, 2.75) is 51.1 Å². The van der Waals surface area contributed by atoms with Crippen LogP contribution in [0.25, 0.3) is 22.4 Å². The van der Waals surface area contributed by atoms with Crippen LogP contribution in [0.2, 0.25) is 0 Å². The van der Waals surface area contributed by atoms with E-state index in [4.69, 9.17) is 14.5 Å². The number of fused-ring (bicyclic) bond motifs is 1. The number of benzene rings is 3. The van der Waals surface area contributed by atoms with Gasteiger partial charge >= 0.3 is 0 Å². The van der Waals surface area contributed by atoms with Gasteiger partial charge in [0.2, 0.25) is 5.91 Å². The number of imidazole rings is 1. The van der Waals surface area contributed by atoms with E-state index in [1.165, 1.54) is 6.42 Å². The van der Waals surface area contributed by atoms with Crippen LogP contribution in [0.15, 0.2) is 72.8 Å². The molecule has 1 heterocycles. The molecule has 2 atom stereocenters. The van der Waals surface area contributed by atoms with E-state index in [0.717, 1.165) is 53.7 Å². The van der Waals surface area contributed by atoms with Crippen LogP contribution in [0.3, 0.4) is 0 Å². The first kappa shape index (κ1) is 24.9. The van der Waals surface area contributed by atoms with Crippen molar-refractivity contribution in [3.8, 4) is 22.9 Å². The van der Waals surface area contributed by atoms with Crippen LogP contribution in [0.1, 0.15) is 56.7 Å². The highest BCUT2D eigenvalue weighted by Crippen LogP contribution is 2.41. The van der Waals surface area contributed by atoms with Gasteiger partial charge < -0.3 is 19.4 Å². The molecule has 192 valence electrons. The van der Waals surface area contributed by atoms with Crippen molar-refractivity contribution >= 4 is 16.9 Å². The van der Waals surface area contributed by atoms with Crippen LogP contribution in [0.4, 0.5) is 0 Å². The standard InChI is InChI=1S/C31H35N3O3/c1-21(22-12-6-4-7-13-22)32-31(35)29(23-14-8-5-9-15-23)34-27-17-11-10-16-26(27)33-30(34)25-19-18-24(36-2)20-28(25)37-3/h4,6-7,10-13,16-21,23,29H,5,8-9,14-15H2,1-3H3,(H,32,35). The summed E-state index contributed by atoms with van der Waals surface area (Å²) in [5.74, 6) is 2.36. The van der Waals surface area contributed by atoms with Gasteiger partial charge in [0.15, 0.2) is 0 Å².